The number of carbonyl (C=O) groups excluding carboxylic acids is 1. The van der Waals surface area contributed by atoms with Gasteiger partial charge in [-0.1, -0.05) is 42.5 Å². The number of hydrogen-bond acceptors (Lipinski definition) is 4. The molecule has 4 nitrogen and oxygen atoms in total. The van der Waals surface area contributed by atoms with Crippen LogP contribution < -0.4 is 4.74 Å². The Morgan fingerprint density at radius 1 is 1.10 bits per heavy atom. The zero-order valence-corrected chi connectivity index (χ0v) is 11.2. The molecule has 4 heteroatoms. The van der Waals surface area contributed by atoms with Crippen LogP contribution in [0.5, 0.6) is 5.75 Å². The van der Waals surface area contributed by atoms with Crippen molar-refractivity contribution < 1.29 is 19.4 Å². The van der Waals surface area contributed by atoms with E-state index in [2.05, 4.69) is 0 Å². The fourth-order valence-electron chi connectivity index (χ4n) is 1.73. The molecule has 0 unspecified atom stereocenters. The highest BCUT2D eigenvalue weighted by molar-refractivity contribution is 5.76. The third-order valence-corrected chi connectivity index (χ3v) is 2.88. The molecule has 0 aliphatic carbocycles. The van der Waals surface area contributed by atoms with Crippen LogP contribution in [0, 0.1) is 0 Å². The summed E-state index contributed by atoms with van der Waals surface area (Å²) < 4.78 is 10.1. The fourth-order valence-corrected chi connectivity index (χ4v) is 1.73. The highest BCUT2D eigenvalue weighted by Crippen LogP contribution is 2.16. The summed E-state index contributed by atoms with van der Waals surface area (Å²) in [5, 5.41) is 9.85. The minimum absolute atomic E-state index is 0.118. The van der Waals surface area contributed by atoms with Crippen LogP contribution in [0.4, 0.5) is 0 Å². The molecule has 0 bridgehead atoms. The lowest BCUT2D eigenvalue weighted by Gasteiger charge is -2.11. The van der Waals surface area contributed by atoms with Gasteiger partial charge in [-0.2, -0.15) is 0 Å². The minimum atomic E-state index is -1.26. The Kier molecular flexibility index (Phi) is 4.74. The lowest BCUT2D eigenvalue weighted by Crippen LogP contribution is -2.15. The molecule has 20 heavy (non-hydrogen) atoms. The summed E-state index contributed by atoms with van der Waals surface area (Å²) in [5.74, 6) is 0.0800. The summed E-state index contributed by atoms with van der Waals surface area (Å²) in [7, 11) is 1.59. The predicted molar refractivity (Wildman–Crippen MR) is 74.2 cm³/mol. The summed E-state index contributed by atoms with van der Waals surface area (Å²) in [6.07, 6.45) is -1.26. The molecule has 2 aromatic carbocycles. The van der Waals surface area contributed by atoms with Gasteiger partial charge in [0.25, 0.3) is 0 Å². The number of methoxy groups -OCH3 is 1. The van der Waals surface area contributed by atoms with Crippen LogP contribution in [0.1, 0.15) is 17.2 Å². The Morgan fingerprint density at radius 3 is 2.35 bits per heavy atom. The highest BCUT2D eigenvalue weighted by atomic mass is 16.5. The van der Waals surface area contributed by atoms with Crippen LogP contribution in [0.25, 0.3) is 0 Å². The normalized spacial score (nSPS) is 11.7. The van der Waals surface area contributed by atoms with Gasteiger partial charge in [0.2, 0.25) is 0 Å². The van der Waals surface area contributed by atoms with Gasteiger partial charge in [-0.3, -0.25) is 0 Å². The quantitative estimate of drug-likeness (QED) is 0.849. The van der Waals surface area contributed by atoms with E-state index in [0.29, 0.717) is 5.56 Å². The van der Waals surface area contributed by atoms with Crippen molar-refractivity contribution in [2.75, 3.05) is 7.11 Å². The Hall–Kier alpha value is -2.33. The zero-order chi connectivity index (χ0) is 14.4. The Morgan fingerprint density at radius 2 is 1.75 bits per heavy atom. The second kappa shape index (κ2) is 6.73. The van der Waals surface area contributed by atoms with E-state index in [1.807, 2.05) is 6.07 Å². The van der Waals surface area contributed by atoms with Gasteiger partial charge in [-0.05, 0) is 23.3 Å². The van der Waals surface area contributed by atoms with Crippen LogP contribution in [-0.4, -0.2) is 18.2 Å². The molecule has 0 aliphatic heterocycles. The summed E-state index contributed by atoms with van der Waals surface area (Å²) in [4.78, 5) is 11.7. The highest BCUT2D eigenvalue weighted by Gasteiger charge is 2.18. The third kappa shape index (κ3) is 3.59. The van der Waals surface area contributed by atoms with Crippen molar-refractivity contribution >= 4 is 5.97 Å². The number of aliphatic hydroxyl groups excluding tert-OH is 1. The van der Waals surface area contributed by atoms with E-state index in [9.17, 15) is 9.90 Å². The van der Waals surface area contributed by atoms with E-state index in [-0.39, 0.29) is 6.61 Å². The van der Waals surface area contributed by atoms with Gasteiger partial charge in [0.05, 0.1) is 7.11 Å². The average Bonchev–Trinajstić information content (AvgIpc) is 2.53. The number of aliphatic hydroxyl groups is 1. The van der Waals surface area contributed by atoms with Gasteiger partial charge < -0.3 is 14.6 Å². The molecule has 0 spiro atoms. The number of rotatable bonds is 5. The van der Waals surface area contributed by atoms with Crippen molar-refractivity contribution in [1.29, 1.82) is 0 Å². The molecule has 0 radical (unpaired) electrons. The van der Waals surface area contributed by atoms with Crippen molar-refractivity contribution in [1.82, 2.24) is 0 Å². The summed E-state index contributed by atoms with van der Waals surface area (Å²) in [5.41, 5.74) is 1.35. The molecule has 0 saturated heterocycles. The summed E-state index contributed by atoms with van der Waals surface area (Å²) >= 11 is 0. The molecule has 1 N–H and O–H groups in total. The number of benzene rings is 2. The molecule has 0 aromatic heterocycles. The molecule has 0 saturated carbocycles. The largest absolute Gasteiger partial charge is 0.497 e. The Labute approximate surface area is 117 Å². The minimum Gasteiger partial charge on any atom is -0.497 e. The fraction of sp³-hybridized carbons (Fsp3) is 0.188. The van der Waals surface area contributed by atoms with Gasteiger partial charge in [0.1, 0.15) is 12.4 Å². The van der Waals surface area contributed by atoms with Crippen LogP contribution in [0.2, 0.25) is 0 Å². The second-order valence-corrected chi connectivity index (χ2v) is 4.27. The topological polar surface area (TPSA) is 55.8 Å². The number of hydrogen-bond donors (Lipinski definition) is 1. The standard InChI is InChI=1S/C16H16O4/c1-19-14-9-7-12(8-10-14)11-20-16(18)15(17)13-5-3-2-4-6-13/h2-10,15,17H,11H2,1H3/t15-/m1/s1. The first-order chi connectivity index (χ1) is 9.70. The molecule has 0 fully saturated rings. The molecule has 2 aromatic rings. The predicted octanol–water partition coefficient (Wildman–Crippen LogP) is 2.47. The van der Waals surface area contributed by atoms with E-state index in [1.54, 1.807) is 55.6 Å². The van der Waals surface area contributed by atoms with E-state index < -0.39 is 12.1 Å². The summed E-state index contributed by atoms with van der Waals surface area (Å²) in [6, 6.07) is 15.9. The molecule has 2 rings (SSSR count). The van der Waals surface area contributed by atoms with Gasteiger partial charge in [-0.25, -0.2) is 4.79 Å². The lowest BCUT2D eigenvalue weighted by atomic mass is 10.1. The number of esters is 1. The van der Waals surface area contributed by atoms with Crippen molar-refractivity contribution in [3.05, 3.63) is 65.7 Å². The van der Waals surface area contributed by atoms with E-state index in [4.69, 9.17) is 9.47 Å². The van der Waals surface area contributed by atoms with Gasteiger partial charge in [0, 0.05) is 0 Å². The monoisotopic (exact) mass is 272 g/mol. The lowest BCUT2D eigenvalue weighted by molar-refractivity contribution is -0.155. The molecular formula is C16H16O4. The number of ether oxygens (including phenoxy) is 2. The summed E-state index contributed by atoms with van der Waals surface area (Å²) in [6.45, 7) is 0.118. The maximum Gasteiger partial charge on any atom is 0.339 e. The maximum atomic E-state index is 11.7. The van der Waals surface area contributed by atoms with Gasteiger partial charge >= 0.3 is 5.97 Å². The molecule has 0 heterocycles. The SMILES string of the molecule is COc1ccc(COC(=O)[C@H](O)c2ccccc2)cc1. The first kappa shape index (κ1) is 14.1. The van der Waals surface area contributed by atoms with Gasteiger partial charge in [0.15, 0.2) is 6.10 Å². The van der Waals surface area contributed by atoms with Crippen LogP contribution in [-0.2, 0) is 16.1 Å². The van der Waals surface area contributed by atoms with E-state index in [1.165, 1.54) is 0 Å². The second-order valence-electron chi connectivity index (χ2n) is 4.27. The van der Waals surface area contributed by atoms with Crippen molar-refractivity contribution in [3.63, 3.8) is 0 Å². The smallest absolute Gasteiger partial charge is 0.339 e. The molecular weight excluding hydrogens is 256 g/mol. The first-order valence-corrected chi connectivity index (χ1v) is 6.23. The molecule has 1 atom stereocenters. The maximum absolute atomic E-state index is 11.7. The average molecular weight is 272 g/mol. The zero-order valence-electron chi connectivity index (χ0n) is 11.2. The number of carbonyl (C=O) groups is 1. The van der Waals surface area contributed by atoms with E-state index in [0.717, 1.165) is 11.3 Å². The third-order valence-electron chi connectivity index (χ3n) is 2.88. The van der Waals surface area contributed by atoms with Gasteiger partial charge in [-0.15, -0.1) is 0 Å². The Bertz CT molecular complexity index is 548. The van der Waals surface area contributed by atoms with Crippen molar-refractivity contribution in [2.45, 2.75) is 12.7 Å². The van der Waals surface area contributed by atoms with Crippen molar-refractivity contribution in [2.24, 2.45) is 0 Å². The van der Waals surface area contributed by atoms with Crippen LogP contribution in [0.3, 0.4) is 0 Å². The van der Waals surface area contributed by atoms with Crippen LogP contribution in [0.15, 0.2) is 54.6 Å². The van der Waals surface area contributed by atoms with E-state index >= 15 is 0 Å². The van der Waals surface area contributed by atoms with Crippen molar-refractivity contribution in [3.8, 4) is 5.75 Å². The van der Waals surface area contributed by atoms with Crippen LogP contribution >= 0.6 is 0 Å². The molecule has 0 aliphatic rings. The first-order valence-electron chi connectivity index (χ1n) is 6.23. The molecule has 0 amide bonds. The molecule has 104 valence electrons. The Balaban J connectivity index is 1.91.